The van der Waals surface area contributed by atoms with Crippen molar-refractivity contribution in [2.45, 2.75) is 23.8 Å². The van der Waals surface area contributed by atoms with Crippen LogP contribution >= 0.6 is 11.8 Å². The monoisotopic (exact) mass is 319 g/mol. The van der Waals surface area contributed by atoms with Gasteiger partial charge >= 0.3 is 5.97 Å². The van der Waals surface area contributed by atoms with Gasteiger partial charge < -0.3 is 5.11 Å². The predicted octanol–water partition coefficient (Wildman–Crippen LogP) is 1.37. The molecule has 0 aliphatic carbocycles. The van der Waals surface area contributed by atoms with Crippen molar-refractivity contribution < 1.29 is 22.7 Å². The summed E-state index contributed by atoms with van der Waals surface area (Å²) in [6.45, 7) is 1.47. The highest BCUT2D eigenvalue weighted by Crippen LogP contribution is 2.30. The molecule has 1 fully saturated rings. The molecule has 1 aliphatic rings. The third-order valence-corrected chi connectivity index (χ3v) is 6.07. The lowest BCUT2D eigenvalue weighted by atomic mass is 10.0. The average Bonchev–Trinajstić information content (AvgIpc) is 2.77. The van der Waals surface area contributed by atoms with Gasteiger partial charge in [-0.3, -0.25) is 4.79 Å². The Morgan fingerprint density at radius 3 is 2.70 bits per heavy atom. The molecule has 5 nitrogen and oxygen atoms in total. The van der Waals surface area contributed by atoms with Gasteiger partial charge in [0.15, 0.2) is 0 Å². The fourth-order valence-electron chi connectivity index (χ4n) is 2.08. The van der Waals surface area contributed by atoms with Crippen molar-refractivity contribution in [3.8, 4) is 0 Å². The molecular formula is C12H14FNO4S2. The van der Waals surface area contributed by atoms with Crippen LogP contribution in [0, 0.1) is 12.7 Å². The minimum atomic E-state index is -4.01. The van der Waals surface area contributed by atoms with Gasteiger partial charge in [0.2, 0.25) is 10.0 Å². The van der Waals surface area contributed by atoms with E-state index in [1.54, 1.807) is 0 Å². The lowest BCUT2D eigenvalue weighted by Gasteiger charge is -2.24. The summed E-state index contributed by atoms with van der Waals surface area (Å²) in [7, 11) is -4.01. The van der Waals surface area contributed by atoms with E-state index in [1.165, 1.54) is 18.7 Å². The minimum absolute atomic E-state index is 0.101. The molecule has 1 atom stereocenters. The number of nitrogens with one attached hydrogen (secondary N) is 1. The number of aryl methyl sites for hydroxylation is 1. The highest BCUT2D eigenvalue weighted by atomic mass is 32.2. The SMILES string of the molecule is Cc1cc(F)ccc1S(=O)(=O)NC1(C(=O)O)CCSC1. The van der Waals surface area contributed by atoms with Gasteiger partial charge in [-0.2, -0.15) is 16.5 Å². The zero-order chi connectivity index (χ0) is 15.0. The van der Waals surface area contributed by atoms with Crippen LogP contribution in [-0.2, 0) is 14.8 Å². The van der Waals surface area contributed by atoms with Crippen LogP contribution in [0.1, 0.15) is 12.0 Å². The van der Waals surface area contributed by atoms with Crippen LogP contribution in [0.2, 0.25) is 0 Å². The molecule has 20 heavy (non-hydrogen) atoms. The van der Waals surface area contributed by atoms with Crippen molar-refractivity contribution in [2.75, 3.05) is 11.5 Å². The maximum absolute atomic E-state index is 13.0. The van der Waals surface area contributed by atoms with Crippen molar-refractivity contribution in [2.24, 2.45) is 0 Å². The molecule has 1 aromatic carbocycles. The van der Waals surface area contributed by atoms with Crippen molar-refractivity contribution in [3.63, 3.8) is 0 Å². The summed E-state index contributed by atoms with van der Waals surface area (Å²) < 4.78 is 40.0. The highest BCUT2D eigenvalue weighted by molar-refractivity contribution is 7.99. The molecule has 1 unspecified atom stereocenters. The molecule has 110 valence electrons. The van der Waals surface area contributed by atoms with Crippen LogP contribution in [0.4, 0.5) is 4.39 Å². The highest BCUT2D eigenvalue weighted by Gasteiger charge is 2.45. The van der Waals surface area contributed by atoms with Gasteiger partial charge in [-0.25, -0.2) is 12.8 Å². The number of hydrogen-bond donors (Lipinski definition) is 2. The van der Waals surface area contributed by atoms with Crippen LogP contribution in [0.15, 0.2) is 23.1 Å². The zero-order valence-electron chi connectivity index (χ0n) is 10.7. The number of thioether (sulfide) groups is 1. The Morgan fingerprint density at radius 2 is 2.20 bits per heavy atom. The minimum Gasteiger partial charge on any atom is -0.480 e. The Morgan fingerprint density at radius 1 is 1.50 bits per heavy atom. The number of carboxylic acids is 1. The molecule has 1 aromatic rings. The normalized spacial score (nSPS) is 22.9. The topological polar surface area (TPSA) is 83.5 Å². The molecule has 2 rings (SSSR count). The summed E-state index contributed by atoms with van der Waals surface area (Å²) in [6.07, 6.45) is 0.229. The first-order chi connectivity index (χ1) is 9.27. The zero-order valence-corrected chi connectivity index (χ0v) is 12.4. The lowest BCUT2D eigenvalue weighted by Crippen LogP contribution is -2.54. The number of aliphatic carboxylic acids is 1. The maximum atomic E-state index is 13.0. The summed E-state index contributed by atoms with van der Waals surface area (Å²) >= 11 is 1.38. The number of carboxylic acid groups (broad SMARTS) is 1. The van der Waals surface area contributed by atoms with E-state index in [1.807, 2.05) is 0 Å². The summed E-state index contributed by atoms with van der Waals surface area (Å²) in [5.74, 6) is -0.962. The van der Waals surface area contributed by atoms with Gasteiger partial charge in [0, 0.05) is 5.75 Å². The van der Waals surface area contributed by atoms with Gasteiger partial charge in [-0.1, -0.05) is 0 Å². The fraction of sp³-hybridized carbons (Fsp3) is 0.417. The van der Waals surface area contributed by atoms with Crippen molar-refractivity contribution in [1.82, 2.24) is 4.72 Å². The van der Waals surface area contributed by atoms with Crippen molar-refractivity contribution in [3.05, 3.63) is 29.6 Å². The van der Waals surface area contributed by atoms with Crippen LogP contribution < -0.4 is 4.72 Å². The number of rotatable bonds is 4. The summed E-state index contributed by atoms with van der Waals surface area (Å²) in [6, 6.07) is 3.29. The number of carbonyl (C=O) groups is 1. The Labute approximate surface area is 120 Å². The molecule has 0 amide bonds. The third kappa shape index (κ3) is 2.82. The molecule has 0 aromatic heterocycles. The predicted molar refractivity (Wildman–Crippen MR) is 73.8 cm³/mol. The molecule has 8 heteroatoms. The maximum Gasteiger partial charge on any atom is 0.325 e. The first kappa shape index (κ1) is 15.3. The summed E-state index contributed by atoms with van der Waals surface area (Å²) in [5.41, 5.74) is -1.24. The molecule has 0 radical (unpaired) electrons. The van der Waals surface area contributed by atoms with E-state index in [-0.39, 0.29) is 22.6 Å². The number of hydrogen-bond acceptors (Lipinski definition) is 4. The van der Waals surface area contributed by atoms with Gasteiger partial charge in [0.25, 0.3) is 0 Å². The number of sulfonamides is 1. The van der Waals surface area contributed by atoms with Crippen molar-refractivity contribution in [1.29, 1.82) is 0 Å². The second-order valence-electron chi connectivity index (χ2n) is 4.71. The van der Waals surface area contributed by atoms with Crippen LogP contribution in [0.5, 0.6) is 0 Å². The summed E-state index contributed by atoms with van der Waals surface area (Å²) in [4.78, 5) is 11.3. The first-order valence-electron chi connectivity index (χ1n) is 5.88. The number of halogens is 1. The van der Waals surface area contributed by atoms with Crippen LogP contribution in [-0.4, -0.2) is 36.5 Å². The Hall–Kier alpha value is -1.12. The molecule has 1 aliphatic heterocycles. The molecule has 0 saturated carbocycles. The van der Waals surface area contributed by atoms with E-state index in [0.717, 1.165) is 18.2 Å². The Kier molecular flexibility index (Phi) is 4.08. The quantitative estimate of drug-likeness (QED) is 0.876. The van der Waals surface area contributed by atoms with Gasteiger partial charge in [-0.15, -0.1) is 0 Å². The van der Waals surface area contributed by atoms with Gasteiger partial charge in [0.05, 0.1) is 4.90 Å². The second-order valence-corrected chi connectivity index (χ2v) is 7.46. The second kappa shape index (κ2) is 5.34. The van der Waals surface area contributed by atoms with Crippen molar-refractivity contribution >= 4 is 27.8 Å². The van der Waals surface area contributed by atoms with Crippen LogP contribution in [0.3, 0.4) is 0 Å². The Bertz CT molecular complexity index is 639. The number of benzene rings is 1. The van der Waals surface area contributed by atoms with E-state index >= 15 is 0 Å². The average molecular weight is 319 g/mol. The fourth-order valence-corrected chi connectivity index (χ4v) is 5.12. The molecule has 0 spiro atoms. The van der Waals surface area contributed by atoms with E-state index in [4.69, 9.17) is 0 Å². The molecule has 2 N–H and O–H groups in total. The molecule has 1 heterocycles. The largest absolute Gasteiger partial charge is 0.480 e. The molecule has 1 saturated heterocycles. The first-order valence-corrected chi connectivity index (χ1v) is 8.52. The van der Waals surface area contributed by atoms with Gasteiger partial charge in [-0.05, 0) is 42.9 Å². The Balaban J connectivity index is 2.38. The molecule has 0 bridgehead atoms. The third-order valence-electron chi connectivity index (χ3n) is 3.19. The van der Waals surface area contributed by atoms with Crippen LogP contribution in [0.25, 0.3) is 0 Å². The van der Waals surface area contributed by atoms with E-state index in [9.17, 15) is 22.7 Å². The molecular weight excluding hydrogens is 305 g/mol. The van der Waals surface area contributed by atoms with Gasteiger partial charge in [0.1, 0.15) is 11.4 Å². The van der Waals surface area contributed by atoms with E-state index in [2.05, 4.69) is 4.72 Å². The van der Waals surface area contributed by atoms with E-state index in [0.29, 0.717) is 5.75 Å². The lowest BCUT2D eigenvalue weighted by molar-refractivity contribution is -0.142. The smallest absolute Gasteiger partial charge is 0.325 e. The summed E-state index contributed by atoms with van der Waals surface area (Å²) in [5, 5.41) is 9.29. The van der Waals surface area contributed by atoms with E-state index < -0.39 is 27.3 Å². The standard InChI is InChI=1S/C12H14FNO4S2/c1-8-6-9(13)2-3-10(8)20(17,18)14-12(11(15)16)4-5-19-7-12/h2-3,6,14H,4-5,7H2,1H3,(H,15,16).